The average molecular weight is 646 g/mol. The third kappa shape index (κ3) is 7.15. The number of para-hydroxylation sites is 1. The predicted octanol–water partition coefficient (Wildman–Crippen LogP) is 5.86. The smallest absolute Gasteiger partial charge is 0.273 e. The SMILES string of the molecule is Cc1cc(C)cc(C(=O)c2cn(-c3c(C)cccc3O)nn2)c1.Cc1cc(C)cc(C(=O)c2cn(-c3ccc([N+](=O)[O-])cc3O)nn2)c1. The zero-order valence-electron chi connectivity index (χ0n) is 26.7. The molecular weight excluding hydrogens is 614 g/mol. The molecule has 0 radical (unpaired) electrons. The molecule has 0 aliphatic rings. The van der Waals surface area contributed by atoms with Crippen LogP contribution in [0.2, 0.25) is 0 Å². The van der Waals surface area contributed by atoms with Gasteiger partial charge in [0.25, 0.3) is 5.69 Å². The minimum absolute atomic E-state index is 0.0975. The van der Waals surface area contributed by atoms with Crippen molar-refractivity contribution in [3.05, 3.63) is 146 Å². The lowest BCUT2D eigenvalue weighted by Crippen LogP contribution is -2.03. The normalized spacial score (nSPS) is 10.7. The number of hydrogen-bond donors (Lipinski definition) is 2. The molecule has 48 heavy (non-hydrogen) atoms. The summed E-state index contributed by atoms with van der Waals surface area (Å²) in [5.41, 5.74) is 6.74. The van der Waals surface area contributed by atoms with Crippen LogP contribution in [0, 0.1) is 44.7 Å². The topological polar surface area (TPSA) is 179 Å². The van der Waals surface area contributed by atoms with E-state index < -0.39 is 4.92 Å². The molecule has 0 bridgehead atoms. The van der Waals surface area contributed by atoms with Crippen molar-refractivity contribution in [2.45, 2.75) is 34.6 Å². The number of aromatic hydroxyl groups is 2. The third-order valence-electron chi connectivity index (χ3n) is 7.28. The van der Waals surface area contributed by atoms with Crippen LogP contribution in [-0.2, 0) is 0 Å². The van der Waals surface area contributed by atoms with Gasteiger partial charge in [0.05, 0.1) is 23.4 Å². The number of rotatable bonds is 7. The van der Waals surface area contributed by atoms with E-state index in [1.165, 1.54) is 27.7 Å². The first-order valence-electron chi connectivity index (χ1n) is 14.7. The molecule has 0 fully saturated rings. The molecular formula is C35H31N7O6. The maximum absolute atomic E-state index is 12.6. The van der Waals surface area contributed by atoms with Gasteiger partial charge in [0.1, 0.15) is 22.9 Å². The second-order valence-electron chi connectivity index (χ2n) is 11.4. The fraction of sp³-hybridized carbons (Fsp3) is 0.143. The van der Waals surface area contributed by atoms with Crippen LogP contribution in [0.4, 0.5) is 5.69 Å². The number of aryl methyl sites for hydroxylation is 5. The maximum atomic E-state index is 12.6. The number of carbonyl (C=O) groups excluding carboxylic acids is 2. The fourth-order valence-electron chi connectivity index (χ4n) is 5.23. The van der Waals surface area contributed by atoms with Gasteiger partial charge in [-0.25, -0.2) is 9.36 Å². The van der Waals surface area contributed by atoms with Crippen molar-refractivity contribution in [2.75, 3.05) is 0 Å². The lowest BCUT2D eigenvalue weighted by Gasteiger charge is -2.06. The highest BCUT2D eigenvalue weighted by atomic mass is 16.6. The number of ketones is 2. The molecule has 13 heteroatoms. The summed E-state index contributed by atoms with van der Waals surface area (Å²) in [6, 6.07) is 20.0. The number of nitrogens with zero attached hydrogens (tertiary/aromatic N) is 7. The van der Waals surface area contributed by atoms with Gasteiger partial charge in [-0.2, -0.15) is 0 Å². The van der Waals surface area contributed by atoms with Crippen molar-refractivity contribution in [3.8, 4) is 22.9 Å². The molecule has 13 nitrogen and oxygen atoms in total. The first-order chi connectivity index (χ1) is 22.8. The van der Waals surface area contributed by atoms with Crippen molar-refractivity contribution in [1.82, 2.24) is 30.0 Å². The van der Waals surface area contributed by atoms with Gasteiger partial charge in [-0.1, -0.05) is 56.9 Å². The number of aromatic nitrogens is 6. The largest absolute Gasteiger partial charge is 0.506 e. The van der Waals surface area contributed by atoms with Gasteiger partial charge >= 0.3 is 0 Å². The average Bonchev–Trinajstić information content (AvgIpc) is 3.70. The Morgan fingerprint density at radius 1 is 0.667 bits per heavy atom. The van der Waals surface area contributed by atoms with E-state index in [-0.39, 0.29) is 45.8 Å². The van der Waals surface area contributed by atoms with Crippen molar-refractivity contribution < 1.29 is 24.7 Å². The van der Waals surface area contributed by atoms with Gasteiger partial charge < -0.3 is 10.2 Å². The number of phenols is 2. The van der Waals surface area contributed by atoms with Crippen LogP contribution in [0.15, 0.2) is 85.2 Å². The Labute approximate surface area is 274 Å². The maximum Gasteiger partial charge on any atom is 0.273 e. The molecule has 0 saturated heterocycles. The van der Waals surface area contributed by atoms with Gasteiger partial charge in [-0.15, -0.1) is 10.2 Å². The summed E-state index contributed by atoms with van der Waals surface area (Å²) in [6.07, 6.45) is 2.92. The number of hydrogen-bond acceptors (Lipinski definition) is 10. The number of nitro groups is 1. The first-order valence-corrected chi connectivity index (χ1v) is 14.7. The Kier molecular flexibility index (Phi) is 9.22. The summed E-state index contributed by atoms with van der Waals surface area (Å²) in [7, 11) is 0. The van der Waals surface area contributed by atoms with Crippen LogP contribution < -0.4 is 0 Å². The molecule has 2 aromatic heterocycles. The summed E-state index contributed by atoms with van der Waals surface area (Å²) in [4.78, 5) is 35.3. The highest BCUT2D eigenvalue weighted by Gasteiger charge is 2.19. The van der Waals surface area contributed by atoms with Crippen LogP contribution in [0.3, 0.4) is 0 Å². The van der Waals surface area contributed by atoms with Crippen molar-refractivity contribution in [2.24, 2.45) is 0 Å². The number of carbonyl (C=O) groups is 2. The molecule has 0 aliphatic heterocycles. The van der Waals surface area contributed by atoms with Crippen molar-refractivity contribution >= 4 is 17.3 Å². The Balaban J connectivity index is 0.000000188. The lowest BCUT2D eigenvalue weighted by molar-refractivity contribution is -0.384. The molecule has 0 amide bonds. The van der Waals surface area contributed by atoms with E-state index in [2.05, 4.69) is 20.6 Å². The fourth-order valence-corrected chi connectivity index (χ4v) is 5.23. The van der Waals surface area contributed by atoms with Gasteiger partial charge in [0.15, 0.2) is 11.4 Å². The minimum atomic E-state index is -0.611. The number of benzene rings is 4. The molecule has 0 atom stereocenters. The van der Waals surface area contributed by atoms with Gasteiger partial charge in [-0.3, -0.25) is 19.7 Å². The van der Waals surface area contributed by atoms with Gasteiger partial charge in [0, 0.05) is 17.2 Å². The molecule has 6 aromatic rings. The first kappa shape index (κ1) is 32.9. The molecule has 0 unspecified atom stereocenters. The predicted molar refractivity (Wildman–Crippen MR) is 176 cm³/mol. The van der Waals surface area contributed by atoms with Crippen LogP contribution in [-0.4, -0.2) is 56.7 Å². The number of nitro benzene ring substituents is 1. The number of non-ortho nitro benzene ring substituents is 1. The van der Waals surface area contributed by atoms with E-state index in [9.17, 15) is 29.9 Å². The molecule has 0 aliphatic carbocycles. The summed E-state index contributed by atoms with van der Waals surface area (Å²) in [5, 5.41) is 46.3. The second-order valence-corrected chi connectivity index (χ2v) is 11.4. The Morgan fingerprint density at radius 3 is 1.65 bits per heavy atom. The van der Waals surface area contributed by atoms with E-state index in [1.54, 1.807) is 30.5 Å². The Hall–Kier alpha value is -6.50. The number of phenolic OH excluding ortho intramolecular Hbond substituents is 2. The van der Waals surface area contributed by atoms with E-state index in [0.29, 0.717) is 16.8 Å². The second kappa shape index (κ2) is 13.5. The minimum Gasteiger partial charge on any atom is -0.506 e. The Morgan fingerprint density at radius 2 is 1.17 bits per heavy atom. The van der Waals surface area contributed by atoms with Crippen molar-refractivity contribution in [1.29, 1.82) is 0 Å². The van der Waals surface area contributed by atoms with Crippen molar-refractivity contribution in [3.63, 3.8) is 0 Å². The van der Waals surface area contributed by atoms with Gasteiger partial charge in [0.2, 0.25) is 11.6 Å². The Bertz CT molecular complexity index is 2140. The van der Waals surface area contributed by atoms with Crippen LogP contribution in [0.25, 0.3) is 11.4 Å². The molecule has 242 valence electrons. The van der Waals surface area contributed by atoms with Crippen LogP contribution >= 0.6 is 0 Å². The van der Waals surface area contributed by atoms with Crippen LogP contribution in [0.1, 0.15) is 59.9 Å². The third-order valence-corrected chi connectivity index (χ3v) is 7.28. The summed E-state index contributed by atoms with van der Waals surface area (Å²) < 4.78 is 2.63. The zero-order chi connectivity index (χ0) is 34.7. The molecule has 2 N–H and O–H groups in total. The standard InChI is InChI=1S/C18H17N3O2.C17H14N4O4/c1-11-7-12(2)9-14(8-11)18(23)15-10-21(20-19-15)17-13(3)5-4-6-16(17)22;1-10-5-11(2)7-12(6-10)17(23)14-9-20(19-18-14)15-4-3-13(21(24)25)8-16(15)22/h4-10,22H,1-3H3;3-9,22H,1-2H3. The monoisotopic (exact) mass is 645 g/mol. The summed E-state index contributed by atoms with van der Waals surface area (Å²) in [5.74, 6) is -0.708. The molecule has 6 rings (SSSR count). The molecule has 4 aromatic carbocycles. The van der Waals surface area contributed by atoms with E-state index in [0.717, 1.165) is 33.9 Å². The quantitative estimate of drug-likeness (QED) is 0.121. The summed E-state index contributed by atoms with van der Waals surface area (Å²) in [6.45, 7) is 9.56. The summed E-state index contributed by atoms with van der Waals surface area (Å²) >= 11 is 0. The van der Waals surface area contributed by atoms with E-state index in [1.807, 2.05) is 65.0 Å². The van der Waals surface area contributed by atoms with E-state index >= 15 is 0 Å². The zero-order valence-corrected chi connectivity index (χ0v) is 26.7. The molecule has 0 spiro atoms. The van der Waals surface area contributed by atoms with Crippen LogP contribution in [0.5, 0.6) is 11.5 Å². The molecule has 0 saturated carbocycles. The van der Waals surface area contributed by atoms with E-state index in [4.69, 9.17) is 0 Å². The molecule has 2 heterocycles. The highest BCUT2D eigenvalue weighted by Crippen LogP contribution is 2.27. The highest BCUT2D eigenvalue weighted by molar-refractivity contribution is 6.08. The van der Waals surface area contributed by atoms with Gasteiger partial charge in [-0.05, 0) is 76.6 Å². The lowest BCUT2D eigenvalue weighted by atomic mass is 10.0.